The van der Waals surface area contributed by atoms with E-state index in [-0.39, 0.29) is 11.1 Å². The lowest BCUT2D eigenvalue weighted by molar-refractivity contribution is 0.618. The number of para-hydroxylation sites is 1. The van der Waals surface area contributed by atoms with Gasteiger partial charge in [-0.2, -0.15) is 0 Å². The molecule has 0 aliphatic carbocycles. The van der Waals surface area contributed by atoms with Crippen LogP contribution in [0.2, 0.25) is 0 Å². The van der Waals surface area contributed by atoms with Crippen molar-refractivity contribution >= 4 is 32.7 Å². The number of hydrogen-bond acceptors (Lipinski definition) is 2. The van der Waals surface area contributed by atoms with E-state index in [1.165, 1.54) is 11.1 Å². The van der Waals surface area contributed by atoms with E-state index >= 15 is 0 Å². The maximum absolute atomic E-state index is 12.8. The molecule has 0 radical (unpaired) electrons. The molecule has 0 saturated heterocycles. The number of rotatable bonds is 0. The average molecular weight is 355 g/mol. The summed E-state index contributed by atoms with van der Waals surface area (Å²) in [4.78, 5) is 31.7. The largest absolute Gasteiger partial charge is 0.354 e. The second-order valence-electron chi connectivity index (χ2n) is 7.50. The minimum atomic E-state index is -0.308. The van der Waals surface area contributed by atoms with Crippen molar-refractivity contribution in [2.75, 3.05) is 0 Å². The van der Waals surface area contributed by atoms with Gasteiger partial charge in [0.2, 0.25) is 0 Å². The van der Waals surface area contributed by atoms with Gasteiger partial charge in [-0.05, 0) is 37.5 Å². The summed E-state index contributed by atoms with van der Waals surface area (Å²) >= 11 is 0. The number of aromatic nitrogens is 3. The van der Waals surface area contributed by atoms with E-state index in [1.54, 1.807) is 0 Å². The minimum Gasteiger partial charge on any atom is -0.354 e. The van der Waals surface area contributed by atoms with Crippen LogP contribution >= 0.6 is 0 Å². The van der Waals surface area contributed by atoms with E-state index in [0.717, 1.165) is 52.1 Å². The van der Waals surface area contributed by atoms with Crippen molar-refractivity contribution in [3.63, 3.8) is 0 Å². The molecular formula is C22H17N3O2. The molecule has 1 aromatic heterocycles. The molecule has 0 atom stereocenters. The number of fused-ring (bicyclic) bond motifs is 6. The second-order valence-corrected chi connectivity index (χ2v) is 7.50. The van der Waals surface area contributed by atoms with Gasteiger partial charge in [-0.1, -0.05) is 29.8 Å². The lowest BCUT2D eigenvalue weighted by Gasteiger charge is -2.19. The Morgan fingerprint density at radius 1 is 1.00 bits per heavy atom. The van der Waals surface area contributed by atoms with Crippen LogP contribution in [0.15, 0.2) is 46.0 Å². The Morgan fingerprint density at radius 3 is 2.74 bits per heavy atom. The summed E-state index contributed by atoms with van der Waals surface area (Å²) in [5.41, 5.74) is 4.79. The van der Waals surface area contributed by atoms with E-state index in [0.29, 0.717) is 10.6 Å². The van der Waals surface area contributed by atoms with E-state index < -0.39 is 0 Å². The minimum absolute atomic E-state index is 0.299. The van der Waals surface area contributed by atoms with Gasteiger partial charge in [0.15, 0.2) is 0 Å². The summed E-state index contributed by atoms with van der Waals surface area (Å²) in [6.45, 7) is 2.84. The van der Waals surface area contributed by atoms with Crippen molar-refractivity contribution in [2.24, 2.45) is 0 Å². The molecule has 0 unspecified atom stereocenters. The highest BCUT2D eigenvalue weighted by atomic mass is 16.2. The Bertz CT molecular complexity index is 1600. The molecule has 0 bridgehead atoms. The highest BCUT2D eigenvalue weighted by Crippen LogP contribution is 2.34. The quantitative estimate of drug-likeness (QED) is 0.447. The Hall–Kier alpha value is -3.34. The number of benzene rings is 2. The van der Waals surface area contributed by atoms with Gasteiger partial charge in [0.25, 0.3) is 11.1 Å². The third-order valence-electron chi connectivity index (χ3n) is 5.83. The Morgan fingerprint density at radius 2 is 1.85 bits per heavy atom. The van der Waals surface area contributed by atoms with Crippen LogP contribution in [0.5, 0.6) is 0 Å². The van der Waals surface area contributed by atoms with Crippen LogP contribution in [-0.2, 0) is 13.0 Å². The molecule has 5 heteroatoms. The monoisotopic (exact) mass is 355 g/mol. The summed E-state index contributed by atoms with van der Waals surface area (Å²) < 4.78 is 2.06. The maximum atomic E-state index is 12.8. The smallest absolute Gasteiger partial charge is 0.275 e. The first-order chi connectivity index (χ1) is 13.1. The predicted octanol–water partition coefficient (Wildman–Crippen LogP) is 3.30. The second kappa shape index (κ2) is 4.88. The molecule has 2 aromatic carbocycles. The van der Waals surface area contributed by atoms with Crippen LogP contribution in [0.4, 0.5) is 0 Å². The Kier molecular flexibility index (Phi) is 2.67. The molecule has 5 nitrogen and oxygen atoms in total. The van der Waals surface area contributed by atoms with Gasteiger partial charge in [0, 0.05) is 28.2 Å². The molecule has 0 fully saturated rings. The molecule has 3 aromatic rings. The van der Waals surface area contributed by atoms with Crippen LogP contribution in [0.3, 0.4) is 0 Å². The molecule has 4 heterocycles. The molecular weight excluding hydrogens is 338 g/mol. The third kappa shape index (κ3) is 1.78. The summed E-state index contributed by atoms with van der Waals surface area (Å²) in [7, 11) is 0. The third-order valence-corrected chi connectivity index (χ3v) is 5.83. The summed E-state index contributed by atoms with van der Waals surface area (Å²) in [6, 6.07) is 12.3. The van der Waals surface area contributed by atoms with E-state index in [2.05, 4.69) is 33.6 Å². The van der Waals surface area contributed by atoms with Crippen molar-refractivity contribution in [3.05, 3.63) is 78.8 Å². The molecule has 3 aliphatic heterocycles. The van der Waals surface area contributed by atoms with Crippen LogP contribution < -0.4 is 11.1 Å². The van der Waals surface area contributed by atoms with E-state index in [1.807, 2.05) is 24.3 Å². The van der Waals surface area contributed by atoms with E-state index in [9.17, 15) is 9.59 Å². The van der Waals surface area contributed by atoms with E-state index in [4.69, 9.17) is 0 Å². The van der Waals surface area contributed by atoms with Crippen molar-refractivity contribution < 1.29 is 0 Å². The molecule has 0 amide bonds. The van der Waals surface area contributed by atoms with Gasteiger partial charge in [-0.15, -0.1) is 0 Å². The summed E-state index contributed by atoms with van der Waals surface area (Å²) in [5, 5.41) is 3.88. The van der Waals surface area contributed by atoms with Crippen LogP contribution in [0.1, 0.15) is 17.5 Å². The Balaban J connectivity index is 2.16. The fourth-order valence-electron chi connectivity index (χ4n) is 4.86. The van der Waals surface area contributed by atoms with Gasteiger partial charge in [-0.25, -0.2) is 0 Å². The maximum Gasteiger partial charge on any atom is 0.275 e. The molecule has 2 N–H and O–H groups in total. The lowest BCUT2D eigenvalue weighted by atomic mass is 9.99. The first kappa shape index (κ1) is 14.8. The normalized spacial score (nSPS) is 14.0. The number of aryl methyl sites for hydroxylation is 3. The van der Waals surface area contributed by atoms with Crippen LogP contribution in [0.25, 0.3) is 32.7 Å². The van der Waals surface area contributed by atoms with Crippen LogP contribution in [-0.4, -0.2) is 14.5 Å². The predicted molar refractivity (Wildman–Crippen MR) is 107 cm³/mol. The van der Waals surface area contributed by atoms with Gasteiger partial charge in [-0.3, -0.25) is 14.6 Å². The topological polar surface area (TPSA) is 70.7 Å². The summed E-state index contributed by atoms with van der Waals surface area (Å²) in [6.07, 6.45) is 1.94. The molecule has 6 rings (SSSR count). The van der Waals surface area contributed by atoms with Gasteiger partial charge in [0.1, 0.15) is 5.35 Å². The molecule has 3 aliphatic rings. The Labute approximate surface area is 152 Å². The molecule has 132 valence electrons. The number of aromatic amines is 2. The molecule has 0 saturated carbocycles. The van der Waals surface area contributed by atoms with Gasteiger partial charge < -0.3 is 9.55 Å². The SMILES string of the molecule is Cc1cc2c3c(c1)c1[nH]c4ccccc4c1c1c(=O)[nH]c(=O)c=1n3CCC2. The van der Waals surface area contributed by atoms with Crippen LogP contribution in [0, 0.1) is 17.5 Å². The number of nitrogens with one attached hydrogen (secondary N) is 2. The molecule has 27 heavy (non-hydrogen) atoms. The number of nitrogens with zero attached hydrogens (tertiary/aromatic N) is 1. The number of hydrogen-bond donors (Lipinski definition) is 2. The highest BCUT2D eigenvalue weighted by molar-refractivity contribution is 6.16. The standard InChI is InChI=1S/C22H17N3O2/c1-11-9-12-5-4-8-25-19(12)14(10-11)18-16(13-6-2-3-7-15(13)23-18)17-20(25)22(27)24-21(17)26/h2-3,6-7,9-10,23H,4-5,8H2,1H3,(H,24,26,27). The number of H-pyrrole nitrogens is 2. The van der Waals surface area contributed by atoms with Gasteiger partial charge in [0.05, 0.1) is 16.3 Å². The van der Waals surface area contributed by atoms with Crippen molar-refractivity contribution in [1.82, 2.24) is 14.5 Å². The zero-order valence-electron chi connectivity index (χ0n) is 14.8. The highest BCUT2D eigenvalue weighted by Gasteiger charge is 2.20. The zero-order chi connectivity index (χ0) is 18.3. The van der Waals surface area contributed by atoms with Gasteiger partial charge >= 0.3 is 0 Å². The van der Waals surface area contributed by atoms with Crippen molar-refractivity contribution in [2.45, 2.75) is 26.3 Å². The summed E-state index contributed by atoms with van der Waals surface area (Å²) in [5.74, 6) is 0. The molecule has 0 spiro atoms. The average Bonchev–Trinajstić information content (AvgIpc) is 3.12. The fourth-order valence-corrected chi connectivity index (χ4v) is 4.86. The van der Waals surface area contributed by atoms with Crippen molar-refractivity contribution in [1.29, 1.82) is 0 Å². The zero-order valence-corrected chi connectivity index (χ0v) is 14.8. The first-order valence-electron chi connectivity index (χ1n) is 9.26. The van der Waals surface area contributed by atoms with Crippen molar-refractivity contribution in [3.8, 4) is 0 Å². The first-order valence-corrected chi connectivity index (χ1v) is 9.26. The fraction of sp³-hybridized carbons (Fsp3) is 0.182. The lowest BCUT2D eigenvalue weighted by Crippen LogP contribution is -2.16.